The van der Waals surface area contributed by atoms with Crippen LogP contribution in [0, 0.1) is 0 Å². The molecule has 1 aromatic carbocycles. The van der Waals surface area contributed by atoms with E-state index in [2.05, 4.69) is 0 Å². The molecule has 2 aliphatic heterocycles. The molecular weight excluding hydrogens is 460 g/mol. The van der Waals surface area contributed by atoms with Gasteiger partial charge < -0.3 is 9.64 Å². The van der Waals surface area contributed by atoms with Gasteiger partial charge in [-0.05, 0) is 24.8 Å². The third-order valence-electron chi connectivity index (χ3n) is 5.76. The first-order valence-electron chi connectivity index (χ1n) is 10.0. The van der Waals surface area contributed by atoms with E-state index in [0.29, 0.717) is 32.5 Å². The Morgan fingerprint density at radius 3 is 2.52 bits per heavy atom. The van der Waals surface area contributed by atoms with Gasteiger partial charge in [-0.15, -0.1) is 11.3 Å². The minimum absolute atomic E-state index is 0.00171. The molecule has 3 heterocycles. The van der Waals surface area contributed by atoms with E-state index in [1.807, 2.05) is 35.2 Å². The van der Waals surface area contributed by atoms with Crippen LogP contribution in [0.2, 0.25) is 5.02 Å². The molecule has 0 radical (unpaired) electrons. The number of carbonyl (C=O) groups excluding carboxylic acids is 2. The largest absolute Gasteiger partial charge is 0.447 e. The zero-order valence-electron chi connectivity index (χ0n) is 17.0. The van der Waals surface area contributed by atoms with E-state index in [1.165, 1.54) is 5.38 Å². The van der Waals surface area contributed by atoms with Gasteiger partial charge >= 0.3 is 6.09 Å². The van der Waals surface area contributed by atoms with Crippen LogP contribution in [0.4, 0.5) is 4.79 Å². The van der Waals surface area contributed by atoms with Crippen LogP contribution in [0.3, 0.4) is 0 Å². The molecule has 1 atom stereocenters. The molecule has 31 heavy (non-hydrogen) atoms. The molecule has 10 heteroatoms. The maximum Gasteiger partial charge on any atom is 0.410 e. The van der Waals surface area contributed by atoms with E-state index in [9.17, 15) is 18.0 Å². The monoisotopic (exact) mass is 482 g/mol. The summed E-state index contributed by atoms with van der Waals surface area (Å²) >= 11 is 7.23. The summed E-state index contributed by atoms with van der Waals surface area (Å²) in [5.74, 6) is -0.270. The number of likely N-dealkylation sites (tertiary alicyclic amines) is 1. The van der Waals surface area contributed by atoms with Crippen molar-refractivity contribution in [1.29, 1.82) is 0 Å². The second-order valence-electron chi connectivity index (χ2n) is 7.87. The maximum atomic E-state index is 12.9. The van der Waals surface area contributed by atoms with Crippen molar-refractivity contribution in [2.45, 2.75) is 36.2 Å². The quantitative estimate of drug-likeness (QED) is 0.651. The summed E-state index contributed by atoms with van der Waals surface area (Å²) in [5.41, 5.74) is 1.15. The van der Waals surface area contributed by atoms with Crippen LogP contribution < -0.4 is 0 Å². The van der Waals surface area contributed by atoms with Crippen molar-refractivity contribution in [3.63, 3.8) is 0 Å². The summed E-state index contributed by atoms with van der Waals surface area (Å²) in [5, 5.41) is 1.40. The lowest BCUT2D eigenvalue weighted by molar-refractivity contribution is 0.0641. The first-order valence-corrected chi connectivity index (χ1v) is 13.2. The molecule has 2 saturated heterocycles. The molecule has 1 unspecified atom stereocenters. The van der Waals surface area contributed by atoms with E-state index < -0.39 is 9.84 Å². The molecule has 0 N–H and O–H groups in total. The fourth-order valence-electron chi connectivity index (χ4n) is 4.18. The number of hydrogen-bond donors (Lipinski definition) is 0. The summed E-state index contributed by atoms with van der Waals surface area (Å²) in [6.45, 7) is 1.30. The van der Waals surface area contributed by atoms with Crippen molar-refractivity contribution in [2.75, 3.05) is 26.0 Å². The SMILES string of the molecule is CS(=O)(=O)c1csc(C(=O)N2CCC(N3C(=O)OCC3Cc3ccccc3)CC2)c1Cl. The lowest BCUT2D eigenvalue weighted by atomic mass is 9.99. The van der Waals surface area contributed by atoms with Gasteiger partial charge in [-0.3, -0.25) is 9.69 Å². The number of halogens is 1. The van der Waals surface area contributed by atoms with Gasteiger partial charge in [-0.2, -0.15) is 0 Å². The molecule has 2 aromatic rings. The molecule has 0 aliphatic carbocycles. The Kier molecular flexibility index (Phi) is 6.27. The van der Waals surface area contributed by atoms with Crippen LogP contribution in [0.25, 0.3) is 0 Å². The van der Waals surface area contributed by atoms with Crippen LogP contribution >= 0.6 is 22.9 Å². The molecule has 0 spiro atoms. The number of carbonyl (C=O) groups is 2. The van der Waals surface area contributed by atoms with Crippen molar-refractivity contribution >= 4 is 44.8 Å². The summed E-state index contributed by atoms with van der Waals surface area (Å²) < 4.78 is 28.9. The molecule has 2 amide bonds. The van der Waals surface area contributed by atoms with Gasteiger partial charge in [-0.1, -0.05) is 41.9 Å². The van der Waals surface area contributed by atoms with Gasteiger partial charge in [0.1, 0.15) is 11.5 Å². The Bertz CT molecular complexity index is 1080. The van der Waals surface area contributed by atoms with Crippen molar-refractivity contribution in [3.05, 3.63) is 51.2 Å². The number of benzene rings is 1. The summed E-state index contributed by atoms with van der Waals surface area (Å²) in [6, 6.07) is 9.97. The third-order valence-corrected chi connectivity index (χ3v) is 8.61. The highest BCUT2D eigenvalue weighted by Crippen LogP contribution is 2.33. The van der Waals surface area contributed by atoms with E-state index >= 15 is 0 Å². The minimum Gasteiger partial charge on any atom is -0.447 e. The number of nitrogens with zero attached hydrogens (tertiary/aromatic N) is 2. The Morgan fingerprint density at radius 1 is 1.23 bits per heavy atom. The molecule has 2 fully saturated rings. The second-order valence-corrected chi connectivity index (χ2v) is 11.1. The van der Waals surface area contributed by atoms with Gasteiger partial charge in [-0.25, -0.2) is 13.2 Å². The van der Waals surface area contributed by atoms with Gasteiger partial charge in [0.05, 0.1) is 16.0 Å². The number of piperidine rings is 1. The van der Waals surface area contributed by atoms with Crippen molar-refractivity contribution < 1.29 is 22.7 Å². The first kappa shape index (κ1) is 22.1. The Labute approximate surface area is 190 Å². The van der Waals surface area contributed by atoms with Gasteiger partial charge in [0.25, 0.3) is 5.91 Å². The summed E-state index contributed by atoms with van der Waals surface area (Å²) in [7, 11) is -3.49. The zero-order valence-corrected chi connectivity index (χ0v) is 19.4. The Balaban J connectivity index is 1.41. The number of amides is 2. The molecule has 0 bridgehead atoms. The highest BCUT2D eigenvalue weighted by molar-refractivity contribution is 7.91. The van der Waals surface area contributed by atoms with Gasteiger partial charge in [0.2, 0.25) is 0 Å². The maximum absolute atomic E-state index is 12.9. The van der Waals surface area contributed by atoms with Crippen LogP contribution in [0.15, 0.2) is 40.6 Å². The molecular formula is C21H23ClN2O5S2. The zero-order chi connectivity index (χ0) is 22.2. The molecule has 7 nitrogen and oxygen atoms in total. The standard InChI is InChI=1S/C21H23ClN2O5S2/c1-31(27,28)17-13-30-19(18(17)22)20(25)23-9-7-15(8-10-23)24-16(12-29-21(24)26)11-14-5-3-2-4-6-14/h2-6,13,15-16H,7-12H2,1H3. The topological polar surface area (TPSA) is 84.0 Å². The highest BCUT2D eigenvalue weighted by atomic mass is 35.5. The minimum atomic E-state index is -3.49. The molecule has 1 aromatic heterocycles. The third kappa shape index (κ3) is 4.58. The Hall–Kier alpha value is -2.10. The first-order chi connectivity index (χ1) is 14.8. The normalized spacial score (nSPS) is 20.2. The molecule has 0 saturated carbocycles. The average molecular weight is 483 g/mol. The lowest BCUT2D eigenvalue weighted by Crippen LogP contribution is -2.50. The number of cyclic esters (lactones) is 1. The van der Waals surface area contributed by atoms with Gasteiger partial charge in [0, 0.05) is 30.8 Å². The molecule has 166 valence electrons. The van der Waals surface area contributed by atoms with Crippen LogP contribution in [0.5, 0.6) is 0 Å². The predicted octanol–water partition coefficient (Wildman–Crippen LogP) is 3.47. The van der Waals surface area contributed by atoms with Crippen LogP contribution in [0.1, 0.15) is 28.1 Å². The number of hydrogen-bond acceptors (Lipinski definition) is 6. The van der Waals surface area contributed by atoms with Crippen LogP contribution in [-0.4, -0.2) is 68.3 Å². The van der Waals surface area contributed by atoms with Crippen molar-refractivity contribution in [3.8, 4) is 0 Å². The lowest BCUT2D eigenvalue weighted by Gasteiger charge is -2.37. The van der Waals surface area contributed by atoms with E-state index in [-0.39, 0.29) is 38.9 Å². The fraction of sp³-hybridized carbons (Fsp3) is 0.429. The predicted molar refractivity (Wildman–Crippen MR) is 118 cm³/mol. The molecule has 2 aliphatic rings. The average Bonchev–Trinajstić information content (AvgIpc) is 3.31. The van der Waals surface area contributed by atoms with E-state index in [0.717, 1.165) is 29.6 Å². The number of sulfone groups is 1. The van der Waals surface area contributed by atoms with Gasteiger partial charge in [0.15, 0.2) is 9.84 Å². The highest BCUT2D eigenvalue weighted by Gasteiger charge is 2.40. The Morgan fingerprint density at radius 2 is 1.90 bits per heavy atom. The van der Waals surface area contributed by atoms with Crippen molar-refractivity contribution in [1.82, 2.24) is 9.80 Å². The summed E-state index contributed by atoms with van der Waals surface area (Å²) in [4.78, 5) is 29.0. The number of thiophene rings is 1. The molecule has 4 rings (SSSR count). The fourth-order valence-corrected chi connectivity index (χ4v) is 7.05. The van der Waals surface area contributed by atoms with E-state index in [4.69, 9.17) is 16.3 Å². The van der Waals surface area contributed by atoms with Crippen molar-refractivity contribution in [2.24, 2.45) is 0 Å². The number of ether oxygens (including phenoxy) is 1. The summed E-state index contributed by atoms with van der Waals surface area (Å²) in [6.07, 6.45) is 2.76. The smallest absolute Gasteiger partial charge is 0.410 e. The number of rotatable bonds is 5. The van der Waals surface area contributed by atoms with E-state index in [1.54, 1.807) is 4.90 Å². The second kappa shape index (κ2) is 8.80. The van der Waals surface area contributed by atoms with Crippen LogP contribution in [-0.2, 0) is 21.0 Å².